The molecule has 0 unspecified atom stereocenters. The lowest BCUT2D eigenvalue weighted by atomic mass is 9.97. The predicted molar refractivity (Wildman–Crippen MR) is 202 cm³/mol. The fourth-order valence-electron chi connectivity index (χ4n) is 6.92. The van der Waals surface area contributed by atoms with E-state index in [2.05, 4.69) is 72.8 Å². The van der Waals surface area contributed by atoms with E-state index in [9.17, 15) is 0 Å². The maximum Gasteiger partial charge on any atom is 0.164 e. The van der Waals surface area contributed by atoms with Crippen LogP contribution in [0.15, 0.2) is 173 Å². The zero-order chi connectivity index (χ0) is 33.0. The minimum atomic E-state index is 0.623. The molecule has 7 aromatic carbocycles. The van der Waals surface area contributed by atoms with E-state index in [0.717, 1.165) is 82.8 Å². The molecule has 5 heteroatoms. The Labute approximate surface area is 287 Å². The predicted octanol–water partition coefficient (Wildman–Crippen LogP) is 12.0. The van der Waals surface area contributed by atoms with Gasteiger partial charge in [0.15, 0.2) is 17.5 Å². The van der Waals surface area contributed by atoms with Crippen LogP contribution in [0.5, 0.6) is 0 Å². The van der Waals surface area contributed by atoms with Gasteiger partial charge in [-0.25, -0.2) is 15.0 Å². The number of nitrogens with zero attached hydrogens (tertiary/aromatic N) is 3. The third kappa shape index (κ3) is 4.75. The molecule has 0 N–H and O–H groups in total. The summed E-state index contributed by atoms with van der Waals surface area (Å²) in [4.78, 5) is 14.7. The number of aromatic nitrogens is 3. The third-order valence-electron chi connectivity index (χ3n) is 9.34. The number of rotatable bonds is 5. The largest absolute Gasteiger partial charge is 0.456 e. The lowest BCUT2D eigenvalue weighted by molar-refractivity contribution is 0.669. The lowest BCUT2D eigenvalue weighted by Crippen LogP contribution is -2.00. The second-order valence-electron chi connectivity index (χ2n) is 12.4. The van der Waals surface area contributed by atoms with Crippen LogP contribution in [0.2, 0.25) is 0 Å². The molecule has 0 fully saturated rings. The summed E-state index contributed by atoms with van der Waals surface area (Å²) >= 11 is 0. The maximum absolute atomic E-state index is 6.44. The Bertz CT molecular complexity index is 2810. The molecule has 10 rings (SSSR count). The van der Waals surface area contributed by atoms with Crippen molar-refractivity contribution >= 4 is 43.9 Å². The highest BCUT2D eigenvalue weighted by Crippen LogP contribution is 2.40. The molecule has 5 nitrogen and oxygen atoms in total. The Morgan fingerprint density at radius 3 is 1.64 bits per heavy atom. The summed E-state index contributed by atoms with van der Waals surface area (Å²) in [7, 11) is 0. The average Bonchev–Trinajstić information content (AvgIpc) is 3.76. The standard InChI is InChI=1S/C45H27N3O2/c1-3-11-28(12-4-1)43-46-44(29-13-5-2-6-14-29)48-45(47-43)33-16-9-15-30(25-33)31-21-23-35-37-26-32(22-24-39(37)50-41(35)27-31)34-18-10-20-40-42(34)36-17-7-8-19-38(36)49-40/h1-27H. The van der Waals surface area contributed by atoms with Crippen molar-refractivity contribution in [3.05, 3.63) is 164 Å². The molecule has 0 radical (unpaired) electrons. The minimum absolute atomic E-state index is 0.623. The quantitative estimate of drug-likeness (QED) is 0.187. The van der Waals surface area contributed by atoms with E-state index < -0.39 is 0 Å². The van der Waals surface area contributed by atoms with E-state index in [1.165, 1.54) is 0 Å². The topological polar surface area (TPSA) is 65.0 Å². The summed E-state index contributed by atoms with van der Waals surface area (Å²) in [6.45, 7) is 0. The molecule has 0 amide bonds. The number of furan rings is 2. The summed E-state index contributed by atoms with van der Waals surface area (Å²) in [5.74, 6) is 1.90. The molecule has 0 aliphatic carbocycles. The van der Waals surface area contributed by atoms with E-state index in [1.807, 2.05) is 91.0 Å². The van der Waals surface area contributed by atoms with Crippen LogP contribution in [-0.2, 0) is 0 Å². The van der Waals surface area contributed by atoms with Crippen molar-refractivity contribution in [1.29, 1.82) is 0 Å². The maximum atomic E-state index is 6.44. The van der Waals surface area contributed by atoms with Gasteiger partial charge in [0.1, 0.15) is 22.3 Å². The van der Waals surface area contributed by atoms with Crippen molar-refractivity contribution in [2.75, 3.05) is 0 Å². The summed E-state index contributed by atoms with van der Waals surface area (Å²) in [6.07, 6.45) is 0. The van der Waals surface area contributed by atoms with Gasteiger partial charge < -0.3 is 8.83 Å². The zero-order valence-electron chi connectivity index (χ0n) is 26.7. The van der Waals surface area contributed by atoms with Crippen LogP contribution in [-0.4, -0.2) is 15.0 Å². The molecule has 50 heavy (non-hydrogen) atoms. The highest BCUT2D eigenvalue weighted by molar-refractivity contribution is 6.14. The summed E-state index contributed by atoms with van der Waals surface area (Å²) in [5.41, 5.74) is 10.6. The average molecular weight is 642 g/mol. The van der Waals surface area contributed by atoms with Gasteiger partial charge in [0.25, 0.3) is 0 Å². The molecule has 0 spiro atoms. The molecule has 0 atom stereocenters. The first kappa shape index (κ1) is 28.2. The molecule has 0 aliphatic rings. The summed E-state index contributed by atoms with van der Waals surface area (Å²) < 4.78 is 12.6. The van der Waals surface area contributed by atoms with Crippen LogP contribution >= 0.6 is 0 Å². The van der Waals surface area contributed by atoms with Crippen molar-refractivity contribution in [3.63, 3.8) is 0 Å². The van der Waals surface area contributed by atoms with Gasteiger partial charge in [0.2, 0.25) is 0 Å². The SMILES string of the molecule is c1ccc(-c2nc(-c3ccccc3)nc(-c3cccc(-c4ccc5c(c4)oc4ccc(-c6cccc7oc8ccccc8c67)cc45)c3)n2)cc1. The molecule has 0 saturated heterocycles. The molecule has 0 saturated carbocycles. The molecule has 234 valence electrons. The van der Waals surface area contributed by atoms with Crippen molar-refractivity contribution in [2.24, 2.45) is 0 Å². The van der Waals surface area contributed by atoms with E-state index in [1.54, 1.807) is 0 Å². The van der Waals surface area contributed by atoms with E-state index in [-0.39, 0.29) is 0 Å². The molecule has 3 aromatic heterocycles. The van der Waals surface area contributed by atoms with Crippen LogP contribution in [0, 0.1) is 0 Å². The second kappa shape index (κ2) is 11.4. The summed E-state index contributed by atoms with van der Waals surface area (Å²) in [5, 5.41) is 4.40. The Balaban J connectivity index is 1.05. The monoisotopic (exact) mass is 641 g/mol. The number of benzene rings is 7. The van der Waals surface area contributed by atoms with Crippen molar-refractivity contribution in [2.45, 2.75) is 0 Å². The van der Waals surface area contributed by atoms with Gasteiger partial charge >= 0.3 is 0 Å². The van der Waals surface area contributed by atoms with Gasteiger partial charge in [-0.2, -0.15) is 0 Å². The van der Waals surface area contributed by atoms with E-state index in [0.29, 0.717) is 17.5 Å². The first-order valence-electron chi connectivity index (χ1n) is 16.6. The second-order valence-corrected chi connectivity index (χ2v) is 12.4. The van der Waals surface area contributed by atoms with Gasteiger partial charge in [-0.05, 0) is 64.7 Å². The highest BCUT2D eigenvalue weighted by atomic mass is 16.3. The Hall–Kier alpha value is -6.85. The molecular weight excluding hydrogens is 615 g/mol. The van der Waals surface area contributed by atoms with Crippen molar-refractivity contribution in [1.82, 2.24) is 15.0 Å². The molecule has 0 bridgehead atoms. The minimum Gasteiger partial charge on any atom is -0.456 e. The lowest BCUT2D eigenvalue weighted by Gasteiger charge is -2.09. The smallest absolute Gasteiger partial charge is 0.164 e. The molecule has 0 aliphatic heterocycles. The van der Waals surface area contributed by atoms with E-state index in [4.69, 9.17) is 23.8 Å². The van der Waals surface area contributed by atoms with Crippen LogP contribution in [0.25, 0.3) is 100 Å². The Morgan fingerprint density at radius 2 is 0.860 bits per heavy atom. The Morgan fingerprint density at radius 1 is 0.300 bits per heavy atom. The Kier molecular flexibility index (Phi) is 6.42. The third-order valence-corrected chi connectivity index (χ3v) is 9.34. The zero-order valence-corrected chi connectivity index (χ0v) is 26.7. The van der Waals surface area contributed by atoms with Gasteiger partial charge in [-0.3, -0.25) is 0 Å². The fourth-order valence-corrected chi connectivity index (χ4v) is 6.92. The van der Waals surface area contributed by atoms with Crippen LogP contribution < -0.4 is 0 Å². The van der Waals surface area contributed by atoms with E-state index >= 15 is 0 Å². The molecular formula is C45H27N3O2. The highest BCUT2D eigenvalue weighted by Gasteiger charge is 2.16. The molecule has 10 aromatic rings. The van der Waals surface area contributed by atoms with Gasteiger partial charge in [0.05, 0.1) is 0 Å². The van der Waals surface area contributed by atoms with Crippen molar-refractivity contribution in [3.8, 4) is 56.4 Å². The first-order chi connectivity index (χ1) is 24.7. The van der Waals surface area contributed by atoms with Crippen LogP contribution in [0.4, 0.5) is 0 Å². The first-order valence-corrected chi connectivity index (χ1v) is 16.6. The normalized spacial score (nSPS) is 11.6. The van der Waals surface area contributed by atoms with Gasteiger partial charge in [-0.1, -0.05) is 121 Å². The van der Waals surface area contributed by atoms with Crippen LogP contribution in [0.1, 0.15) is 0 Å². The summed E-state index contributed by atoms with van der Waals surface area (Å²) in [6, 6.07) is 55.8. The number of para-hydroxylation sites is 1. The fraction of sp³-hybridized carbons (Fsp3) is 0. The molecule has 3 heterocycles. The van der Waals surface area contributed by atoms with Gasteiger partial charge in [0, 0.05) is 38.2 Å². The van der Waals surface area contributed by atoms with Crippen LogP contribution in [0.3, 0.4) is 0 Å². The van der Waals surface area contributed by atoms with Crippen molar-refractivity contribution < 1.29 is 8.83 Å². The number of hydrogen-bond donors (Lipinski definition) is 0. The number of fused-ring (bicyclic) bond motifs is 6. The number of hydrogen-bond acceptors (Lipinski definition) is 5. The van der Waals surface area contributed by atoms with Gasteiger partial charge in [-0.15, -0.1) is 0 Å².